The smallest absolute Gasteiger partial charge is 0.408 e. The van der Waals surface area contributed by atoms with Gasteiger partial charge in [-0.15, -0.1) is 6.42 Å². The van der Waals surface area contributed by atoms with Gasteiger partial charge in [0, 0.05) is 18.7 Å². The van der Waals surface area contributed by atoms with Crippen molar-refractivity contribution in [2.75, 3.05) is 13.1 Å². The number of nitrogens with one attached hydrogen (secondary N) is 2. The first-order valence-electron chi connectivity index (χ1n) is 13.6. The molecule has 7 nitrogen and oxygen atoms in total. The second-order valence-corrected chi connectivity index (χ2v) is 10.8. The van der Waals surface area contributed by atoms with E-state index >= 15 is 0 Å². The zero-order valence-electron chi connectivity index (χ0n) is 23.9. The van der Waals surface area contributed by atoms with Crippen LogP contribution in [-0.4, -0.2) is 47.5 Å². The number of hydrogen-bond donors (Lipinski definition) is 2. The van der Waals surface area contributed by atoms with Gasteiger partial charge < -0.3 is 20.3 Å². The van der Waals surface area contributed by atoms with Gasteiger partial charge in [0.25, 0.3) is 0 Å². The Hall–Kier alpha value is -3.01. The molecule has 0 aliphatic heterocycles. The molecule has 1 aromatic rings. The van der Waals surface area contributed by atoms with Crippen LogP contribution < -0.4 is 10.6 Å². The Morgan fingerprint density at radius 3 is 2.14 bits per heavy atom. The average Bonchev–Trinajstić information content (AvgIpc) is 2.83. The standard InChI is InChI=1S/C30H47N3O4/c1-9-12-14-15-21-33(28(35)25(22(4)5)32-29(36)37-30(6,7)8)26(27(34)31-20-13-10-2)24-18-16-23(11-3)17-19-24/h3,16-19,22,25-26H,9-10,12-15,20-21H2,1-2,4-8H3,(H,31,34)(H,32,36). The molecule has 7 heteroatoms. The summed E-state index contributed by atoms with van der Waals surface area (Å²) in [6.45, 7) is 14.2. The number of unbranched alkanes of at least 4 members (excludes halogenated alkanes) is 4. The molecule has 0 radical (unpaired) electrons. The molecular formula is C30H47N3O4. The van der Waals surface area contributed by atoms with Crippen molar-refractivity contribution in [3.8, 4) is 12.3 Å². The minimum atomic E-state index is -0.850. The second-order valence-electron chi connectivity index (χ2n) is 10.8. The van der Waals surface area contributed by atoms with E-state index in [-0.39, 0.29) is 17.7 Å². The highest BCUT2D eigenvalue weighted by Crippen LogP contribution is 2.25. The van der Waals surface area contributed by atoms with Crippen molar-refractivity contribution >= 4 is 17.9 Å². The van der Waals surface area contributed by atoms with Gasteiger partial charge in [-0.05, 0) is 57.2 Å². The van der Waals surface area contributed by atoms with Gasteiger partial charge in [-0.2, -0.15) is 0 Å². The molecule has 1 rings (SSSR count). The average molecular weight is 514 g/mol. The fourth-order valence-corrected chi connectivity index (χ4v) is 3.92. The minimum absolute atomic E-state index is 0.217. The van der Waals surface area contributed by atoms with Crippen molar-refractivity contribution in [2.24, 2.45) is 5.92 Å². The van der Waals surface area contributed by atoms with Crippen LogP contribution >= 0.6 is 0 Å². The molecule has 0 aliphatic rings. The monoisotopic (exact) mass is 513 g/mol. The molecule has 3 amide bonds. The van der Waals surface area contributed by atoms with Crippen molar-refractivity contribution in [2.45, 2.75) is 105 Å². The first-order valence-corrected chi connectivity index (χ1v) is 13.6. The Morgan fingerprint density at radius 2 is 1.62 bits per heavy atom. The number of benzene rings is 1. The molecule has 1 aromatic carbocycles. The Labute approximate surface area is 224 Å². The first-order chi connectivity index (χ1) is 17.4. The van der Waals surface area contributed by atoms with E-state index in [9.17, 15) is 14.4 Å². The number of alkyl carbamates (subject to hydrolysis) is 1. The number of rotatable bonds is 14. The van der Waals surface area contributed by atoms with Crippen LogP contribution in [0.15, 0.2) is 24.3 Å². The SMILES string of the molecule is C#Cc1ccc(C(C(=O)NCCCC)N(CCCCCC)C(=O)C(NC(=O)OC(C)(C)C)C(C)C)cc1. The molecule has 37 heavy (non-hydrogen) atoms. The third-order valence-corrected chi connectivity index (χ3v) is 5.92. The Kier molecular flexibility index (Phi) is 13.8. The summed E-state index contributed by atoms with van der Waals surface area (Å²) in [5.74, 6) is 1.82. The second kappa shape index (κ2) is 16.0. The van der Waals surface area contributed by atoms with Crippen LogP contribution in [0.4, 0.5) is 4.79 Å². The topological polar surface area (TPSA) is 87.7 Å². The zero-order valence-corrected chi connectivity index (χ0v) is 23.9. The van der Waals surface area contributed by atoms with Crippen molar-refractivity contribution < 1.29 is 19.1 Å². The number of carbonyl (C=O) groups excluding carboxylic acids is 3. The van der Waals surface area contributed by atoms with E-state index < -0.39 is 23.8 Å². The highest BCUT2D eigenvalue weighted by molar-refractivity contribution is 5.92. The molecule has 2 N–H and O–H groups in total. The summed E-state index contributed by atoms with van der Waals surface area (Å²) < 4.78 is 5.43. The Bertz CT molecular complexity index is 897. The van der Waals surface area contributed by atoms with Crippen molar-refractivity contribution in [3.63, 3.8) is 0 Å². The molecule has 0 bridgehead atoms. The normalized spacial score (nSPS) is 12.8. The number of terminal acetylenes is 1. The maximum Gasteiger partial charge on any atom is 0.408 e. The fraction of sp³-hybridized carbons (Fsp3) is 0.633. The number of ether oxygens (including phenoxy) is 1. The van der Waals surface area contributed by atoms with Crippen LogP contribution in [0, 0.1) is 18.3 Å². The predicted octanol–water partition coefficient (Wildman–Crippen LogP) is 5.58. The van der Waals surface area contributed by atoms with Gasteiger partial charge in [-0.3, -0.25) is 9.59 Å². The lowest BCUT2D eigenvalue weighted by Crippen LogP contribution is -2.55. The molecule has 0 spiro atoms. The van der Waals surface area contributed by atoms with Crippen molar-refractivity contribution in [1.29, 1.82) is 0 Å². The van der Waals surface area contributed by atoms with Gasteiger partial charge in [0.1, 0.15) is 17.7 Å². The molecule has 0 aliphatic carbocycles. The lowest BCUT2D eigenvalue weighted by atomic mass is 9.97. The van der Waals surface area contributed by atoms with Crippen LogP contribution in [0.3, 0.4) is 0 Å². The third kappa shape index (κ3) is 11.3. The number of nitrogens with zero attached hydrogens (tertiary/aromatic N) is 1. The van der Waals surface area contributed by atoms with Gasteiger partial charge in [0.15, 0.2) is 0 Å². The van der Waals surface area contributed by atoms with E-state index in [0.717, 1.165) is 38.5 Å². The zero-order chi connectivity index (χ0) is 28.0. The quantitative estimate of drug-likeness (QED) is 0.251. The highest BCUT2D eigenvalue weighted by Gasteiger charge is 2.37. The highest BCUT2D eigenvalue weighted by atomic mass is 16.6. The molecule has 0 heterocycles. The number of hydrogen-bond acceptors (Lipinski definition) is 4. The van der Waals surface area contributed by atoms with Crippen LogP contribution in [0.1, 0.15) is 104 Å². The van der Waals surface area contributed by atoms with Gasteiger partial charge in [-0.1, -0.05) is 71.4 Å². The van der Waals surface area contributed by atoms with E-state index in [1.807, 2.05) is 13.8 Å². The fourth-order valence-electron chi connectivity index (χ4n) is 3.92. The maximum atomic E-state index is 14.1. The minimum Gasteiger partial charge on any atom is -0.444 e. The molecule has 206 valence electrons. The van der Waals surface area contributed by atoms with E-state index in [0.29, 0.717) is 24.2 Å². The summed E-state index contributed by atoms with van der Waals surface area (Å²) in [6.07, 6.45) is 10.4. The predicted molar refractivity (Wildman–Crippen MR) is 149 cm³/mol. The van der Waals surface area contributed by atoms with E-state index in [1.54, 1.807) is 49.9 Å². The van der Waals surface area contributed by atoms with Crippen molar-refractivity contribution in [3.05, 3.63) is 35.4 Å². The maximum absolute atomic E-state index is 14.1. The summed E-state index contributed by atoms with van der Waals surface area (Å²) in [4.78, 5) is 41.8. The third-order valence-electron chi connectivity index (χ3n) is 5.92. The van der Waals surface area contributed by atoms with Gasteiger partial charge in [-0.25, -0.2) is 4.79 Å². The first kappa shape index (κ1) is 32.0. The molecule has 0 saturated carbocycles. The van der Waals surface area contributed by atoms with Crippen LogP contribution in [0.5, 0.6) is 0 Å². The number of amides is 3. The largest absolute Gasteiger partial charge is 0.444 e. The Balaban J connectivity index is 3.44. The summed E-state index contributed by atoms with van der Waals surface area (Å²) in [7, 11) is 0. The van der Waals surface area contributed by atoms with E-state index in [4.69, 9.17) is 11.2 Å². The van der Waals surface area contributed by atoms with Gasteiger partial charge in [0.2, 0.25) is 11.8 Å². The van der Waals surface area contributed by atoms with Gasteiger partial charge >= 0.3 is 6.09 Å². The van der Waals surface area contributed by atoms with Crippen LogP contribution in [0.25, 0.3) is 0 Å². The lowest BCUT2D eigenvalue weighted by Gasteiger charge is -2.35. The summed E-state index contributed by atoms with van der Waals surface area (Å²) in [5, 5.41) is 5.76. The summed E-state index contributed by atoms with van der Waals surface area (Å²) in [5.41, 5.74) is 0.674. The van der Waals surface area contributed by atoms with Gasteiger partial charge in [0.05, 0.1) is 0 Å². The molecule has 0 saturated heterocycles. The molecule has 0 aromatic heterocycles. The van der Waals surface area contributed by atoms with E-state index in [2.05, 4.69) is 30.4 Å². The van der Waals surface area contributed by atoms with Crippen LogP contribution in [-0.2, 0) is 14.3 Å². The van der Waals surface area contributed by atoms with Crippen molar-refractivity contribution in [1.82, 2.24) is 15.5 Å². The molecule has 2 unspecified atom stereocenters. The lowest BCUT2D eigenvalue weighted by molar-refractivity contribution is -0.143. The van der Waals surface area contributed by atoms with Crippen LogP contribution in [0.2, 0.25) is 0 Å². The number of carbonyl (C=O) groups is 3. The molecule has 0 fully saturated rings. The Morgan fingerprint density at radius 1 is 1.00 bits per heavy atom. The molecular weight excluding hydrogens is 466 g/mol. The summed E-state index contributed by atoms with van der Waals surface area (Å²) >= 11 is 0. The molecule has 2 atom stereocenters. The summed E-state index contributed by atoms with van der Waals surface area (Å²) in [6, 6.07) is 5.46. The van der Waals surface area contributed by atoms with E-state index in [1.165, 1.54) is 0 Å².